The molecule has 2 nitrogen and oxygen atoms in total. The molecule has 5 heteroatoms. The number of hydrogen-bond acceptors (Lipinski definition) is 3. The number of hydrogen-bond donors (Lipinski definition) is 1. The summed E-state index contributed by atoms with van der Waals surface area (Å²) in [6, 6.07) is 7.70. The first kappa shape index (κ1) is 13.3. The lowest BCUT2D eigenvalue weighted by Crippen LogP contribution is -2.14. The van der Waals surface area contributed by atoms with Crippen LogP contribution >= 0.6 is 34.5 Å². The molecular formula is C14H13Cl2NOS. The number of fused-ring (bicyclic) bond motifs is 1. The Kier molecular flexibility index (Phi) is 3.72. The molecular weight excluding hydrogens is 301 g/mol. The van der Waals surface area contributed by atoms with Crippen LogP contribution in [-0.2, 0) is 6.42 Å². The maximum Gasteiger partial charge on any atom is 0.122 e. The van der Waals surface area contributed by atoms with Crippen LogP contribution in [0.3, 0.4) is 0 Å². The van der Waals surface area contributed by atoms with Crippen LogP contribution in [0.2, 0.25) is 8.67 Å². The number of aryl methyl sites for hydroxylation is 1. The molecule has 0 saturated carbocycles. The van der Waals surface area contributed by atoms with Crippen LogP contribution in [0.1, 0.15) is 29.2 Å². The van der Waals surface area contributed by atoms with Gasteiger partial charge >= 0.3 is 0 Å². The zero-order valence-corrected chi connectivity index (χ0v) is 12.5. The number of benzene rings is 1. The van der Waals surface area contributed by atoms with E-state index in [0.29, 0.717) is 8.67 Å². The number of ether oxygens (including phenoxy) is 1. The molecule has 1 atom stereocenters. The summed E-state index contributed by atoms with van der Waals surface area (Å²) in [6.07, 6.45) is 2.09. The van der Waals surface area contributed by atoms with Gasteiger partial charge in [0.15, 0.2) is 0 Å². The number of rotatable bonds is 2. The Morgan fingerprint density at radius 3 is 2.84 bits per heavy atom. The lowest BCUT2D eigenvalue weighted by molar-refractivity contribution is 0.288. The Bertz CT molecular complexity index is 611. The van der Waals surface area contributed by atoms with Gasteiger partial charge in [-0.15, -0.1) is 11.3 Å². The molecule has 100 valence electrons. The van der Waals surface area contributed by atoms with Crippen molar-refractivity contribution < 1.29 is 4.74 Å². The fourth-order valence-electron chi connectivity index (χ4n) is 2.32. The third-order valence-electron chi connectivity index (χ3n) is 3.31. The van der Waals surface area contributed by atoms with Crippen molar-refractivity contribution in [2.75, 3.05) is 6.61 Å². The SMILES string of the molecule is NC(c1ccc2c(c1)CCCO2)c1cc(Cl)sc1Cl. The third kappa shape index (κ3) is 2.61. The maximum absolute atomic E-state index is 6.29. The van der Waals surface area contributed by atoms with E-state index in [1.54, 1.807) is 0 Å². The molecule has 0 saturated heterocycles. The molecule has 1 aliphatic heterocycles. The molecule has 19 heavy (non-hydrogen) atoms. The Morgan fingerprint density at radius 1 is 1.26 bits per heavy atom. The van der Waals surface area contributed by atoms with Crippen LogP contribution in [0.15, 0.2) is 24.3 Å². The van der Waals surface area contributed by atoms with Crippen molar-refractivity contribution in [3.8, 4) is 5.75 Å². The Labute approximate surface area is 126 Å². The van der Waals surface area contributed by atoms with Crippen LogP contribution in [0, 0.1) is 0 Å². The standard InChI is InChI=1S/C14H13Cl2NOS/c15-12-7-10(14(16)19-12)13(17)9-3-4-11-8(6-9)2-1-5-18-11/h3-4,6-7,13H,1-2,5,17H2. The minimum absolute atomic E-state index is 0.247. The van der Waals surface area contributed by atoms with E-state index in [9.17, 15) is 0 Å². The molecule has 1 aliphatic rings. The van der Waals surface area contributed by atoms with E-state index in [0.717, 1.165) is 36.3 Å². The monoisotopic (exact) mass is 313 g/mol. The zero-order chi connectivity index (χ0) is 13.4. The largest absolute Gasteiger partial charge is 0.493 e. The number of halogens is 2. The van der Waals surface area contributed by atoms with Crippen molar-refractivity contribution in [3.63, 3.8) is 0 Å². The lowest BCUT2D eigenvalue weighted by Gasteiger charge is -2.19. The van der Waals surface area contributed by atoms with Gasteiger partial charge < -0.3 is 10.5 Å². The topological polar surface area (TPSA) is 35.2 Å². The molecule has 0 aliphatic carbocycles. The molecule has 0 spiro atoms. The van der Waals surface area contributed by atoms with Crippen molar-refractivity contribution in [3.05, 3.63) is 49.6 Å². The predicted octanol–water partition coefficient (Wildman–Crippen LogP) is 4.43. The molecule has 2 aromatic rings. The summed E-state index contributed by atoms with van der Waals surface area (Å²) in [4.78, 5) is 0. The van der Waals surface area contributed by atoms with Crippen LogP contribution < -0.4 is 10.5 Å². The normalized spacial score (nSPS) is 15.7. The van der Waals surface area contributed by atoms with Crippen molar-refractivity contribution in [2.24, 2.45) is 5.73 Å². The van der Waals surface area contributed by atoms with E-state index in [1.165, 1.54) is 16.9 Å². The second kappa shape index (κ2) is 5.33. The van der Waals surface area contributed by atoms with Gasteiger partial charge in [0, 0.05) is 5.56 Å². The minimum Gasteiger partial charge on any atom is -0.493 e. The van der Waals surface area contributed by atoms with Gasteiger partial charge in [-0.1, -0.05) is 35.3 Å². The Balaban J connectivity index is 1.95. The molecule has 1 aromatic heterocycles. The molecule has 1 unspecified atom stereocenters. The lowest BCUT2D eigenvalue weighted by atomic mass is 9.97. The highest BCUT2D eigenvalue weighted by Crippen LogP contribution is 2.37. The van der Waals surface area contributed by atoms with Crippen molar-refractivity contribution in [1.82, 2.24) is 0 Å². The summed E-state index contributed by atoms with van der Waals surface area (Å²) in [5.41, 5.74) is 9.43. The predicted molar refractivity (Wildman–Crippen MR) is 80.6 cm³/mol. The zero-order valence-electron chi connectivity index (χ0n) is 10.2. The average molecular weight is 314 g/mol. The summed E-state index contributed by atoms with van der Waals surface area (Å²) < 4.78 is 6.93. The smallest absolute Gasteiger partial charge is 0.122 e. The van der Waals surface area contributed by atoms with E-state index in [-0.39, 0.29) is 6.04 Å². The van der Waals surface area contributed by atoms with Gasteiger partial charge in [0.05, 0.1) is 21.3 Å². The number of nitrogens with two attached hydrogens (primary N) is 1. The van der Waals surface area contributed by atoms with Crippen LogP contribution in [0.5, 0.6) is 5.75 Å². The summed E-state index contributed by atoms with van der Waals surface area (Å²) in [5, 5.41) is 0. The van der Waals surface area contributed by atoms with Gasteiger partial charge in [0.25, 0.3) is 0 Å². The van der Waals surface area contributed by atoms with Crippen LogP contribution in [-0.4, -0.2) is 6.61 Å². The highest BCUT2D eigenvalue weighted by Gasteiger charge is 2.18. The van der Waals surface area contributed by atoms with Gasteiger partial charge in [0.2, 0.25) is 0 Å². The summed E-state index contributed by atoms with van der Waals surface area (Å²) in [6.45, 7) is 0.796. The second-order valence-electron chi connectivity index (χ2n) is 4.58. The molecule has 0 bridgehead atoms. The first-order valence-corrected chi connectivity index (χ1v) is 7.68. The quantitative estimate of drug-likeness (QED) is 0.890. The van der Waals surface area contributed by atoms with E-state index >= 15 is 0 Å². The van der Waals surface area contributed by atoms with Gasteiger partial charge in [-0.2, -0.15) is 0 Å². The van der Waals surface area contributed by atoms with Gasteiger partial charge in [-0.3, -0.25) is 0 Å². The molecule has 3 rings (SSSR count). The summed E-state index contributed by atoms with van der Waals surface area (Å²) in [7, 11) is 0. The molecule has 0 fully saturated rings. The average Bonchev–Trinajstić information content (AvgIpc) is 2.76. The molecule has 1 aromatic carbocycles. The molecule has 2 heterocycles. The third-order valence-corrected chi connectivity index (χ3v) is 4.83. The van der Waals surface area contributed by atoms with Crippen molar-refractivity contribution in [1.29, 1.82) is 0 Å². The van der Waals surface area contributed by atoms with Crippen molar-refractivity contribution >= 4 is 34.5 Å². The maximum atomic E-state index is 6.29. The van der Waals surface area contributed by atoms with Gasteiger partial charge in [0.1, 0.15) is 5.75 Å². The highest BCUT2D eigenvalue weighted by molar-refractivity contribution is 7.20. The van der Waals surface area contributed by atoms with E-state index in [1.807, 2.05) is 18.2 Å². The van der Waals surface area contributed by atoms with Crippen LogP contribution in [0.25, 0.3) is 0 Å². The molecule has 2 N–H and O–H groups in total. The van der Waals surface area contributed by atoms with E-state index < -0.39 is 0 Å². The van der Waals surface area contributed by atoms with Gasteiger partial charge in [-0.25, -0.2) is 0 Å². The Hall–Kier alpha value is -0.740. The summed E-state index contributed by atoms with van der Waals surface area (Å²) >= 11 is 13.5. The molecule has 0 amide bonds. The molecule has 0 radical (unpaired) electrons. The number of thiophene rings is 1. The van der Waals surface area contributed by atoms with Crippen molar-refractivity contribution in [2.45, 2.75) is 18.9 Å². The van der Waals surface area contributed by atoms with E-state index in [4.69, 9.17) is 33.7 Å². The fraction of sp³-hybridized carbons (Fsp3) is 0.286. The van der Waals surface area contributed by atoms with Crippen LogP contribution in [0.4, 0.5) is 0 Å². The highest BCUT2D eigenvalue weighted by atomic mass is 35.5. The Morgan fingerprint density at radius 2 is 2.11 bits per heavy atom. The second-order valence-corrected chi connectivity index (χ2v) is 6.86. The first-order valence-electron chi connectivity index (χ1n) is 6.11. The summed E-state index contributed by atoms with van der Waals surface area (Å²) in [5.74, 6) is 0.969. The first-order chi connectivity index (χ1) is 9.15. The van der Waals surface area contributed by atoms with Gasteiger partial charge in [-0.05, 0) is 36.1 Å². The minimum atomic E-state index is -0.247. The fourth-order valence-corrected chi connectivity index (χ4v) is 3.87. The van der Waals surface area contributed by atoms with E-state index in [2.05, 4.69) is 6.07 Å².